The SMILES string of the molecule is [2H]C([2H])(c1cccc2c1ccc(-c1cc3nc4n(c3cc1C)C=CC4)[n+]2C)C(C)C. The summed E-state index contributed by atoms with van der Waals surface area (Å²) in [5, 5.41) is 0.965. The Bertz CT molecular complexity index is 1350. The van der Waals surface area contributed by atoms with Gasteiger partial charge in [0, 0.05) is 32.9 Å². The second-order valence-corrected chi connectivity index (χ2v) is 7.96. The molecule has 0 saturated heterocycles. The molecule has 0 N–H and O–H groups in total. The van der Waals surface area contributed by atoms with E-state index in [-0.39, 0.29) is 5.92 Å². The van der Waals surface area contributed by atoms with Gasteiger partial charge in [0.1, 0.15) is 12.9 Å². The average Bonchev–Trinajstić information content (AvgIpc) is 3.29. The van der Waals surface area contributed by atoms with Gasteiger partial charge in [-0.15, -0.1) is 0 Å². The molecule has 0 saturated carbocycles. The van der Waals surface area contributed by atoms with Crippen LogP contribution in [0.1, 0.15) is 33.5 Å². The first-order chi connectivity index (χ1) is 14.3. The van der Waals surface area contributed by atoms with Crippen molar-refractivity contribution in [3.8, 4) is 11.3 Å². The molecule has 0 amide bonds. The highest BCUT2D eigenvalue weighted by molar-refractivity contribution is 5.87. The summed E-state index contributed by atoms with van der Waals surface area (Å²) in [7, 11) is 2.06. The Labute approximate surface area is 168 Å². The topological polar surface area (TPSA) is 21.7 Å². The number of nitrogens with zero attached hydrogens (tertiary/aromatic N) is 3. The molecule has 0 radical (unpaired) electrons. The summed E-state index contributed by atoms with van der Waals surface area (Å²) in [5.41, 5.74) is 7.41. The van der Waals surface area contributed by atoms with Crippen LogP contribution in [0.25, 0.3) is 39.4 Å². The first kappa shape index (κ1) is 15.0. The van der Waals surface area contributed by atoms with Crippen LogP contribution in [-0.4, -0.2) is 9.55 Å². The van der Waals surface area contributed by atoms with Crippen LogP contribution in [0, 0.1) is 12.8 Å². The fourth-order valence-corrected chi connectivity index (χ4v) is 4.28. The molecule has 0 unspecified atom stereocenters. The molecule has 1 aliphatic rings. The normalized spacial score (nSPS) is 14.8. The number of rotatable bonds is 3. The Morgan fingerprint density at radius 2 is 2.07 bits per heavy atom. The maximum atomic E-state index is 8.60. The number of aromatic nitrogens is 3. The van der Waals surface area contributed by atoms with E-state index in [0.29, 0.717) is 0 Å². The van der Waals surface area contributed by atoms with Gasteiger partial charge in [-0.3, -0.25) is 0 Å². The number of allylic oxidation sites excluding steroid dienone is 1. The van der Waals surface area contributed by atoms with Crippen LogP contribution in [0.5, 0.6) is 0 Å². The summed E-state index contributed by atoms with van der Waals surface area (Å²) >= 11 is 0. The van der Waals surface area contributed by atoms with Crippen LogP contribution in [0.2, 0.25) is 0 Å². The average molecular weight is 371 g/mol. The summed E-state index contributed by atoms with van der Waals surface area (Å²) in [4.78, 5) is 4.82. The molecular weight excluding hydrogens is 342 g/mol. The third-order valence-corrected chi connectivity index (χ3v) is 5.60. The summed E-state index contributed by atoms with van der Waals surface area (Å²) in [6.07, 6.45) is 3.74. The van der Waals surface area contributed by atoms with Crippen LogP contribution in [0.3, 0.4) is 0 Å². The highest BCUT2D eigenvalue weighted by Gasteiger charge is 2.20. The van der Waals surface area contributed by atoms with E-state index >= 15 is 0 Å². The Morgan fingerprint density at radius 1 is 1.21 bits per heavy atom. The minimum atomic E-state index is -1.38. The maximum Gasteiger partial charge on any atom is 0.213 e. The molecule has 0 atom stereocenters. The van der Waals surface area contributed by atoms with E-state index in [0.717, 1.165) is 51.0 Å². The van der Waals surface area contributed by atoms with Crippen molar-refractivity contribution < 1.29 is 7.31 Å². The van der Waals surface area contributed by atoms with Crippen molar-refractivity contribution in [1.82, 2.24) is 9.55 Å². The molecule has 140 valence electrons. The smallest absolute Gasteiger partial charge is 0.213 e. The van der Waals surface area contributed by atoms with Crippen molar-refractivity contribution in [2.24, 2.45) is 13.0 Å². The van der Waals surface area contributed by atoms with Crippen molar-refractivity contribution in [1.29, 1.82) is 0 Å². The first-order valence-corrected chi connectivity index (χ1v) is 9.89. The van der Waals surface area contributed by atoms with Crippen molar-refractivity contribution in [2.75, 3.05) is 0 Å². The molecule has 0 aliphatic carbocycles. The minimum Gasteiger partial charge on any atom is -0.303 e. The number of hydrogen-bond donors (Lipinski definition) is 0. The molecule has 2 aromatic carbocycles. The van der Waals surface area contributed by atoms with Crippen molar-refractivity contribution >= 4 is 28.1 Å². The zero-order valence-electron chi connectivity index (χ0n) is 18.8. The monoisotopic (exact) mass is 370 g/mol. The molecule has 0 fully saturated rings. The number of aryl methyl sites for hydroxylation is 2. The van der Waals surface area contributed by atoms with E-state index in [2.05, 4.69) is 65.7 Å². The molecule has 1 aliphatic heterocycles. The fourth-order valence-electron chi connectivity index (χ4n) is 4.28. The fraction of sp³-hybridized carbons (Fsp3) is 0.280. The van der Waals surface area contributed by atoms with Crippen molar-refractivity contribution in [3.05, 3.63) is 65.5 Å². The largest absolute Gasteiger partial charge is 0.303 e. The first-order valence-electron chi connectivity index (χ1n) is 10.9. The lowest BCUT2D eigenvalue weighted by atomic mass is 9.97. The molecule has 3 heterocycles. The van der Waals surface area contributed by atoms with Crippen LogP contribution in [-0.2, 0) is 19.8 Å². The highest BCUT2D eigenvalue weighted by Crippen LogP contribution is 2.30. The van der Waals surface area contributed by atoms with E-state index < -0.39 is 6.37 Å². The third kappa shape index (κ3) is 2.57. The number of pyridine rings is 1. The van der Waals surface area contributed by atoms with Crippen LogP contribution in [0.15, 0.2) is 48.5 Å². The van der Waals surface area contributed by atoms with E-state index in [1.165, 1.54) is 5.56 Å². The van der Waals surface area contributed by atoms with Crippen molar-refractivity contribution in [3.63, 3.8) is 0 Å². The molecule has 0 spiro atoms. The van der Waals surface area contributed by atoms with E-state index in [1.807, 2.05) is 26.0 Å². The lowest BCUT2D eigenvalue weighted by Gasteiger charge is -2.11. The van der Waals surface area contributed by atoms with Crippen molar-refractivity contribution in [2.45, 2.75) is 33.6 Å². The summed E-state index contributed by atoms with van der Waals surface area (Å²) in [6, 6.07) is 14.5. The maximum absolute atomic E-state index is 8.60. The van der Waals surface area contributed by atoms with Gasteiger partial charge in [0.15, 0.2) is 0 Å². The zero-order valence-corrected chi connectivity index (χ0v) is 16.8. The molecule has 3 heteroatoms. The van der Waals surface area contributed by atoms with Gasteiger partial charge in [0.2, 0.25) is 11.2 Å². The highest BCUT2D eigenvalue weighted by atomic mass is 15.1. The quantitative estimate of drug-likeness (QED) is 0.453. The number of imidazole rings is 1. The molecule has 5 rings (SSSR count). The third-order valence-electron chi connectivity index (χ3n) is 5.60. The van der Waals surface area contributed by atoms with Gasteiger partial charge in [-0.05, 0) is 48.5 Å². The minimum absolute atomic E-state index is 0.102. The van der Waals surface area contributed by atoms with Crippen LogP contribution in [0.4, 0.5) is 0 Å². The standard InChI is InChI=1S/C25H26N3/c1-16(2)13-18-7-5-8-22-19(18)10-11-23(27(22)4)20-15-21-24(14-17(20)3)28-12-6-9-25(28)26-21/h5-8,10-12,14-16H,9,13H2,1-4H3/q+1/i13D2. The molecule has 2 aromatic heterocycles. The number of benzene rings is 2. The lowest BCUT2D eigenvalue weighted by molar-refractivity contribution is -0.633. The molecular formula is C25H26N3+. The van der Waals surface area contributed by atoms with Gasteiger partial charge in [-0.1, -0.05) is 32.1 Å². The predicted molar refractivity (Wildman–Crippen MR) is 116 cm³/mol. The van der Waals surface area contributed by atoms with Crippen LogP contribution >= 0.6 is 0 Å². The predicted octanol–water partition coefficient (Wildman–Crippen LogP) is 5.21. The van der Waals surface area contributed by atoms with Gasteiger partial charge >= 0.3 is 0 Å². The van der Waals surface area contributed by atoms with Gasteiger partial charge in [0.05, 0.1) is 16.6 Å². The van der Waals surface area contributed by atoms with E-state index in [4.69, 9.17) is 7.73 Å². The summed E-state index contributed by atoms with van der Waals surface area (Å²) in [5.74, 6) is 0.986. The van der Waals surface area contributed by atoms with Crippen LogP contribution < -0.4 is 4.57 Å². The number of hydrogen-bond acceptors (Lipinski definition) is 1. The Balaban J connectivity index is 1.72. The lowest BCUT2D eigenvalue weighted by Crippen LogP contribution is -2.32. The Morgan fingerprint density at radius 3 is 2.89 bits per heavy atom. The second-order valence-electron chi connectivity index (χ2n) is 7.96. The summed E-state index contributed by atoms with van der Waals surface area (Å²) < 4.78 is 21.6. The van der Waals surface area contributed by atoms with Gasteiger partial charge in [-0.25, -0.2) is 4.98 Å². The van der Waals surface area contributed by atoms with Gasteiger partial charge < -0.3 is 4.57 Å². The zero-order chi connectivity index (χ0) is 21.2. The second kappa shape index (κ2) is 6.30. The molecule has 4 aromatic rings. The number of fused-ring (bicyclic) bond motifs is 4. The molecule has 3 nitrogen and oxygen atoms in total. The molecule has 0 bridgehead atoms. The molecule has 28 heavy (non-hydrogen) atoms. The van der Waals surface area contributed by atoms with Gasteiger partial charge in [-0.2, -0.15) is 4.57 Å². The van der Waals surface area contributed by atoms with E-state index in [9.17, 15) is 0 Å². The Hall–Kier alpha value is -2.94. The van der Waals surface area contributed by atoms with E-state index in [1.54, 1.807) is 0 Å². The van der Waals surface area contributed by atoms with Gasteiger partial charge in [0.25, 0.3) is 0 Å². The Kier molecular flexibility index (Phi) is 3.38. The summed E-state index contributed by atoms with van der Waals surface area (Å²) in [6.45, 7) is 6.01.